The van der Waals surface area contributed by atoms with Gasteiger partial charge in [-0.1, -0.05) is 36.0 Å². The summed E-state index contributed by atoms with van der Waals surface area (Å²) in [6.45, 7) is 2.97. The molecule has 0 saturated heterocycles. The fourth-order valence-corrected chi connectivity index (χ4v) is 3.55. The molecule has 142 valence electrons. The molecule has 2 heterocycles. The number of nitrogen functional groups attached to an aromatic ring is 1. The van der Waals surface area contributed by atoms with Crippen molar-refractivity contribution in [2.24, 2.45) is 0 Å². The third-order valence-corrected chi connectivity index (χ3v) is 5.06. The molecule has 7 nitrogen and oxygen atoms in total. The Hall–Kier alpha value is -3.13. The Kier molecular flexibility index (Phi) is 5.12. The first-order valence-corrected chi connectivity index (χ1v) is 9.72. The smallest absolute Gasteiger partial charge is 0.224 e. The van der Waals surface area contributed by atoms with Crippen molar-refractivity contribution in [1.29, 1.82) is 0 Å². The van der Waals surface area contributed by atoms with E-state index >= 15 is 0 Å². The van der Waals surface area contributed by atoms with Gasteiger partial charge < -0.3 is 15.2 Å². The fraction of sp³-hybridized carbons (Fsp3) is 0.200. The van der Waals surface area contributed by atoms with Gasteiger partial charge in [0.1, 0.15) is 13.2 Å². The minimum absolute atomic E-state index is 0.0570. The summed E-state index contributed by atoms with van der Waals surface area (Å²) in [5, 5.41) is 0.414. The van der Waals surface area contributed by atoms with Gasteiger partial charge in [0.15, 0.2) is 28.3 Å². The van der Waals surface area contributed by atoms with Crippen molar-refractivity contribution >= 4 is 23.5 Å². The highest BCUT2D eigenvalue weighted by Gasteiger charge is 2.16. The average Bonchev–Trinajstić information content (AvgIpc) is 2.71. The molecule has 2 N–H and O–H groups in total. The molecule has 1 aromatic heterocycles. The Balaban J connectivity index is 1.50. The number of hydrogen-bond donors (Lipinski definition) is 1. The molecule has 28 heavy (non-hydrogen) atoms. The highest BCUT2D eigenvalue weighted by molar-refractivity contribution is 7.99. The number of ketones is 1. The van der Waals surface area contributed by atoms with E-state index in [4.69, 9.17) is 15.2 Å². The summed E-state index contributed by atoms with van der Waals surface area (Å²) in [4.78, 5) is 25.4. The Labute approximate surface area is 166 Å². The zero-order chi connectivity index (χ0) is 19.5. The number of nitrogens with zero attached hydrogens (tertiary/aromatic N) is 3. The van der Waals surface area contributed by atoms with Crippen molar-refractivity contribution in [3.63, 3.8) is 0 Å². The van der Waals surface area contributed by atoms with Gasteiger partial charge in [-0.2, -0.15) is 9.97 Å². The van der Waals surface area contributed by atoms with E-state index in [2.05, 4.69) is 15.0 Å². The number of nitrogens with two attached hydrogens (primary N) is 1. The van der Waals surface area contributed by atoms with E-state index in [-0.39, 0.29) is 17.5 Å². The first-order valence-electron chi connectivity index (χ1n) is 8.73. The van der Waals surface area contributed by atoms with Crippen LogP contribution in [-0.2, 0) is 0 Å². The molecule has 4 rings (SSSR count). The Morgan fingerprint density at radius 1 is 1.07 bits per heavy atom. The molecule has 0 atom stereocenters. The maximum absolute atomic E-state index is 12.6. The fourth-order valence-electron chi connectivity index (χ4n) is 2.81. The van der Waals surface area contributed by atoms with E-state index in [0.29, 0.717) is 41.3 Å². The summed E-state index contributed by atoms with van der Waals surface area (Å²) in [5.41, 5.74) is 8.33. The Morgan fingerprint density at radius 2 is 1.86 bits per heavy atom. The summed E-state index contributed by atoms with van der Waals surface area (Å²) in [5.74, 6) is 1.99. The lowest BCUT2D eigenvalue weighted by molar-refractivity contribution is 0.102. The first-order chi connectivity index (χ1) is 13.6. The Morgan fingerprint density at radius 3 is 2.68 bits per heavy atom. The van der Waals surface area contributed by atoms with Crippen LogP contribution in [0.15, 0.2) is 47.6 Å². The summed E-state index contributed by atoms with van der Waals surface area (Å²) in [6.07, 6.45) is 0. The second kappa shape index (κ2) is 7.85. The van der Waals surface area contributed by atoms with Gasteiger partial charge in [0.2, 0.25) is 5.95 Å². The van der Waals surface area contributed by atoms with Gasteiger partial charge in [-0.3, -0.25) is 4.79 Å². The Bertz CT molecular complexity index is 1040. The van der Waals surface area contributed by atoms with Gasteiger partial charge in [-0.05, 0) is 30.7 Å². The lowest BCUT2D eigenvalue weighted by atomic mass is 10.1. The van der Waals surface area contributed by atoms with Crippen molar-refractivity contribution in [3.05, 3.63) is 53.6 Å². The molecule has 0 radical (unpaired) electrons. The molecule has 1 aliphatic rings. The molecule has 0 unspecified atom stereocenters. The topological polar surface area (TPSA) is 100 Å². The highest BCUT2D eigenvalue weighted by Crippen LogP contribution is 2.31. The van der Waals surface area contributed by atoms with E-state index in [9.17, 15) is 4.79 Å². The predicted molar refractivity (Wildman–Crippen MR) is 107 cm³/mol. The van der Waals surface area contributed by atoms with E-state index in [1.54, 1.807) is 18.2 Å². The molecular formula is C20H18N4O3S. The number of fused-ring (bicyclic) bond motifs is 1. The lowest BCUT2D eigenvalue weighted by Gasteiger charge is -2.18. The van der Waals surface area contributed by atoms with Crippen molar-refractivity contribution in [3.8, 4) is 22.9 Å². The number of Topliss-reactive ketones (excluding diaryl/α,β-unsaturated/α-hetero) is 1. The number of hydrogen-bond acceptors (Lipinski definition) is 8. The third kappa shape index (κ3) is 3.91. The van der Waals surface area contributed by atoms with Gasteiger partial charge >= 0.3 is 0 Å². The monoisotopic (exact) mass is 394 g/mol. The quantitative estimate of drug-likeness (QED) is 0.520. The number of carbonyl (C=O) groups is 1. The molecule has 1 aliphatic heterocycles. The number of thioether (sulfide) groups is 1. The van der Waals surface area contributed by atoms with Gasteiger partial charge in [0.05, 0.1) is 5.75 Å². The number of aromatic nitrogens is 3. The van der Waals surface area contributed by atoms with Crippen molar-refractivity contribution in [2.75, 3.05) is 24.7 Å². The second-order valence-electron chi connectivity index (χ2n) is 6.19. The molecule has 2 aromatic carbocycles. The van der Waals surface area contributed by atoms with Gasteiger partial charge in [-0.25, -0.2) is 4.98 Å². The van der Waals surface area contributed by atoms with E-state index in [1.807, 2.05) is 31.2 Å². The molecule has 3 aromatic rings. The normalized spacial score (nSPS) is 12.6. The zero-order valence-corrected chi connectivity index (χ0v) is 16.0. The van der Waals surface area contributed by atoms with Crippen molar-refractivity contribution < 1.29 is 14.3 Å². The van der Waals surface area contributed by atoms with Gasteiger partial charge in [0, 0.05) is 11.1 Å². The first kappa shape index (κ1) is 18.2. The minimum atomic E-state index is -0.0570. The minimum Gasteiger partial charge on any atom is -0.486 e. The van der Waals surface area contributed by atoms with Crippen LogP contribution in [0.25, 0.3) is 11.4 Å². The third-order valence-electron chi connectivity index (χ3n) is 4.21. The van der Waals surface area contributed by atoms with Crippen molar-refractivity contribution in [2.45, 2.75) is 12.1 Å². The predicted octanol–water partition coefficient (Wildman–Crippen LogP) is 3.18. The van der Waals surface area contributed by atoms with Crippen LogP contribution in [-0.4, -0.2) is 39.7 Å². The number of carbonyl (C=O) groups excluding carboxylic acids is 1. The largest absolute Gasteiger partial charge is 0.486 e. The van der Waals surface area contributed by atoms with Crippen LogP contribution < -0.4 is 15.2 Å². The van der Waals surface area contributed by atoms with Crippen LogP contribution in [0.5, 0.6) is 11.5 Å². The molecule has 0 saturated carbocycles. The number of rotatable bonds is 5. The van der Waals surface area contributed by atoms with Crippen LogP contribution in [0.3, 0.4) is 0 Å². The standard InChI is InChI=1S/C20H18N4O3S/c1-12-4-2-3-5-14(12)18-22-19(21)24-20(23-18)28-11-15(25)13-6-7-16-17(10-13)27-9-8-26-16/h2-7,10H,8-9,11H2,1H3,(H2,21,22,23,24). The number of aryl methyl sites for hydroxylation is 1. The maximum atomic E-state index is 12.6. The average molecular weight is 394 g/mol. The molecule has 8 heteroatoms. The second-order valence-corrected chi connectivity index (χ2v) is 7.13. The van der Waals surface area contributed by atoms with Gasteiger partial charge in [-0.15, -0.1) is 0 Å². The number of ether oxygens (including phenoxy) is 2. The summed E-state index contributed by atoms with van der Waals surface area (Å²) >= 11 is 1.23. The zero-order valence-electron chi connectivity index (χ0n) is 15.2. The summed E-state index contributed by atoms with van der Waals surface area (Å²) in [6, 6.07) is 13.0. The van der Waals surface area contributed by atoms with Gasteiger partial charge in [0.25, 0.3) is 0 Å². The van der Waals surface area contributed by atoms with Crippen LogP contribution >= 0.6 is 11.8 Å². The molecule has 0 bridgehead atoms. The van der Waals surface area contributed by atoms with E-state index in [1.165, 1.54) is 11.8 Å². The summed E-state index contributed by atoms with van der Waals surface area (Å²) in [7, 11) is 0. The van der Waals surface area contributed by atoms with Crippen LogP contribution in [0.2, 0.25) is 0 Å². The van der Waals surface area contributed by atoms with E-state index in [0.717, 1.165) is 11.1 Å². The number of anilines is 1. The molecule has 0 aliphatic carbocycles. The SMILES string of the molecule is Cc1ccccc1-c1nc(N)nc(SCC(=O)c2ccc3c(c2)OCCO3)n1. The molecular weight excluding hydrogens is 376 g/mol. The molecule has 0 fully saturated rings. The lowest BCUT2D eigenvalue weighted by Crippen LogP contribution is -2.16. The van der Waals surface area contributed by atoms with Crippen LogP contribution in [0.4, 0.5) is 5.95 Å². The number of benzene rings is 2. The van der Waals surface area contributed by atoms with Crippen LogP contribution in [0.1, 0.15) is 15.9 Å². The van der Waals surface area contributed by atoms with Crippen molar-refractivity contribution in [1.82, 2.24) is 15.0 Å². The highest BCUT2D eigenvalue weighted by atomic mass is 32.2. The molecule has 0 spiro atoms. The maximum Gasteiger partial charge on any atom is 0.224 e. The summed E-state index contributed by atoms with van der Waals surface area (Å²) < 4.78 is 11.0. The van der Waals surface area contributed by atoms with Crippen LogP contribution in [0, 0.1) is 6.92 Å². The van der Waals surface area contributed by atoms with E-state index < -0.39 is 0 Å². The molecule has 0 amide bonds.